The van der Waals surface area contributed by atoms with E-state index in [1.807, 2.05) is 24.3 Å². The summed E-state index contributed by atoms with van der Waals surface area (Å²) in [7, 11) is 0. The second kappa shape index (κ2) is 7.06. The number of fused-ring (bicyclic) bond motifs is 1. The third kappa shape index (κ3) is 4.05. The van der Waals surface area contributed by atoms with E-state index >= 15 is 0 Å². The zero-order valence-electron chi connectivity index (χ0n) is 11.9. The zero-order valence-corrected chi connectivity index (χ0v) is 13.5. The second-order valence-electron chi connectivity index (χ2n) is 4.72. The number of aromatic nitrogens is 1. The van der Waals surface area contributed by atoms with Crippen molar-refractivity contribution in [2.45, 2.75) is 10.8 Å². The largest absolute Gasteiger partial charge is 0.326 e. The molecule has 0 bridgehead atoms. The Labute approximate surface area is 139 Å². The van der Waals surface area contributed by atoms with Gasteiger partial charge in [0.25, 0.3) is 0 Å². The molecule has 0 aliphatic carbocycles. The molecular formula is C16H12F2N2OS2. The first-order chi connectivity index (χ1) is 11.1. The Hall–Kier alpha value is -1.99. The number of carbonyl (C=O) groups excluding carboxylic acids is 1. The van der Waals surface area contributed by atoms with Crippen LogP contribution >= 0.6 is 23.1 Å². The molecule has 0 radical (unpaired) electrons. The van der Waals surface area contributed by atoms with Gasteiger partial charge < -0.3 is 5.32 Å². The van der Waals surface area contributed by atoms with Crippen molar-refractivity contribution in [3.63, 3.8) is 0 Å². The van der Waals surface area contributed by atoms with Gasteiger partial charge in [-0.05, 0) is 24.3 Å². The molecule has 0 aliphatic rings. The van der Waals surface area contributed by atoms with Crippen LogP contribution in [0.2, 0.25) is 0 Å². The van der Waals surface area contributed by atoms with E-state index in [1.165, 1.54) is 17.8 Å². The molecule has 3 rings (SSSR count). The van der Waals surface area contributed by atoms with E-state index in [0.717, 1.165) is 26.7 Å². The summed E-state index contributed by atoms with van der Waals surface area (Å²) >= 11 is 3.09. The second-order valence-corrected chi connectivity index (χ2v) is 7.10. The van der Waals surface area contributed by atoms with Crippen molar-refractivity contribution >= 4 is 44.9 Å². The summed E-state index contributed by atoms with van der Waals surface area (Å²) in [6.45, 7) is 0. The van der Waals surface area contributed by atoms with E-state index in [2.05, 4.69) is 10.3 Å². The Morgan fingerprint density at radius 2 is 2.00 bits per heavy atom. The van der Waals surface area contributed by atoms with Gasteiger partial charge in [-0.1, -0.05) is 23.9 Å². The Bertz CT molecular complexity index is 818. The number of rotatable bonds is 5. The Balaban J connectivity index is 1.51. The van der Waals surface area contributed by atoms with Crippen LogP contribution in [-0.4, -0.2) is 16.6 Å². The molecule has 3 aromatic rings. The molecule has 1 aromatic heterocycles. The first-order valence-corrected chi connectivity index (χ1v) is 8.65. The summed E-state index contributed by atoms with van der Waals surface area (Å²) in [4.78, 5) is 16.3. The standard InChI is InChI=1S/C16H12F2N2OS2/c17-11-6-5-10(9-12(11)18)19-15(21)7-8-22-16-20-13-3-1-2-4-14(13)23-16/h1-6,9H,7-8H2,(H,19,21). The number of benzene rings is 2. The molecule has 0 atom stereocenters. The summed E-state index contributed by atoms with van der Waals surface area (Å²) < 4.78 is 27.9. The molecular weight excluding hydrogens is 338 g/mol. The summed E-state index contributed by atoms with van der Waals surface area (Å²) in [6, 6.07) is 11.1. The fourth-order valence-electron chi connectivity index (χ4n) is 1.94. The number of carbonyl (C=O) groups is 1. The molecule has 0 saturated carbocycles. The lowest BCUT2D eigenvalue weighted by Crippen LogP contribution is -2.12. The molecule has 2 aromatic carbocycles. The van der Waals surface area contributed by atoms with Gasteiger partial charge in [-0.2, -0.15) is 0 Å². The number of thioether (sulfide) groups is 1. The number of para-hydroxylation sites is 1. The van der Waals surface area contributed by atoms with Crippen LogP contribution in [0.1, 0.15) is 6.42 Å². The van der Waals surface area contributed by atoms with Gasteiger partial charge in [0.1, 0.15) is 0 Å². The van der Waals surface area contributed by atoms with Gasteiger partial charge in [0.15, 0.2) is 16.0 Å². The van der Waals surface area contributed by atoms with Gasteiger partial charge in [-0.15, -0.1) is 11.3 Å². The van der Waals surface area contributed by atoms with Gasteiger partial charge in [0.05, 0.1) is 10.2 Å². The monoisotopic (exact) mass is 350 g/mol. The number of halogens is 2. The minimum atomic E-state index is -0.980. The summed E-state index contributed by atoms with van der Waals surface area (Å²) in [5.74, 6) is -1.60. The molecule has 1 N–H and O–H groups in total. The van der Waals surface area contributed by atoms with Crippen molar-refractivity contribution in [3.8, 4) is 0 Å². The first-order valence-electron chi connectivity index (χ1n) is 6.85. The predicted octanol–water partition coefficient (Wildman–Crippen LogP) is 4.70. The highest BCUT2D eigenvalue weighted by Gasteiger charge is 2.08. The maximum Gasteiger partial charge on any atom is 0.225 e. The van der Waals surface area contributed by atoms with Crippen molar-refractivity contribution in [1.29, 1.82) is 0 Å². The molecule has 0 fully saturated rings. The van der Waals surface area contributed by atoms with Crippen LogP contribution in [0.4, 0.5) is 14.5 Å². The van der Waals surface area contributed by atoms with Crippen molar-refractivity contribution in [3.05, 3.63) is 54.1 Å². The molecule has 0 aliphatic heterocycles. The van der Waals surface area contributed by atoms with E-state index in [4.69, 9.17) is 0 Å². The Morgan fingerprint density at radius 3 is 2.78 bits per heavy atom. The number of nitrogens with one attached hydrogen (secondary N) is 1. The van der Waals surface area contributed by atoms with Crippen LogP contribution in [0.25, 0.3) is 10.2 Å². The molecule has 23 heavy (non-hydrogen) atoms. The van der Waals surface area contributed by atoms with Crippen molar-refractivity contribution in [2.24, 2.45) is 0 Å². The number of amides is 1. The average molecular weight is 350 g/mol. The van der Waals surface area contributed by atoms with Crippen molar-refractivity contribution in [2.75, 3.05) is 11.1 Å². The maximum absolute atomic E-state index is 13.1. The third-order valence-corrected chi connectivity index (χ3v) is 5.21. The summed E-state index contributed by atoms with van der Waals surface area (Å²) in [6.07, 6.45) is 0.263. The van der Waals surface area contributed by atoms with E-state index in [-0.39, 0.29) is 18.0 Å². The molecule has 0 unspecified atom stereocenters. The van der Waals surface area contributed by atoms with Crippen LogP contribution in [0.5, 0.6) is 0 Å². The lowest BCUT2D eigenvalue weighted by molar-refractivity contribution is -0.115. The third-order valence-electron chi connectivity index (χ3n) is 3.03. The molecule has 0 saturated heterocycles. The predicted molar refractivity (Wildman–Crippen MR) is 89.9 cm³/mol. The van der Waals surface area contributed by atoms with E-state index < -0.39 is 11.6 Å². The molecule has 118 valence electrons. The maximum atomic E-state index is 13.1. The van der Waals surface area contributed by atoms with Gasteiger partial charge in [-0.25, -0.2) is 13.8 Å². The Kier molecular flexibility index (Phi) is 4.88. The molecule has 0 spiro atoms. The van der Waals surface area contributed by atoms with Crippen molar-refractivity contribution in [1.82, 2.24) is 4.98 Å². The van der Waals surface area contributed by atoms with Gasteiger partial charge in [-0.3, -0.25) is 4.79 Å². The lowest BCUT2D eigenvalue weighted by atomic mass is 10.3. The summed E-state index contributed by atoms with van der Waals surface area (Å²) in [5, 5.41) is 2.55. The average Bonchev–Trinajstić information content (AvgIpc) is 2.93. The summed E-state index contributed by atoms with van der Waals surface area (Å²) in [5.41, 5.74) is 1.20. The van der Waals surface area contributed by atoms with Crippen LogP contribution in [0, 0.1) is 11.6 Å². The van der Waals surface area contributed by atoms with E-state index in [1.54, 1.807) is 11.3 Å². The van der Waals surface area contributed by atoms with Crippen LogP contribution in [-0.2, 0) is 4.79 Å². The number of thiazole rings is 1. The highest BCUT2D eigenvalue weighted by molar-refractivity contribution is 8.01. The first kappa shape index (κ1) is 15.9. The Morgan fingerprint density at radius 1 is 1.17 bits per heavy atom. The van der Waals surface area contributed by atoms with Gasteiger partial charge in [0.2, 0.25) is 5.91 Å². The normalized spacial score (nSPS) is 10.9. The number of hydrogen-bond donors (Lipinski definition) is 1. The van der Waals surface area contributed by atoms with Crippen LogP contribution in [0.15, 0.2) is 46.8 Å². The zero-order chi connectivity index (χ0) is 16.2. The van der Waals surface area contributed by atoms with Crippen LogP contribution < -0.4 is 5.32 Å². The number of anilines is 1. The minimum Gasteiger partial charge on any atom is -0.326 e. The fourth-order valence-corrected chi connectivity index (χ4v) is 4.02. The SMILES string of the molecule is O=C(CCSc1nc2ccccc2s1)Nc1ccc(F)c(F)c1. The molecule has 7 heteroatoms. The fraction of sp³-hybridized carbons (Fsp3) is 0.125. The van der Waals surface area contributed by atoms with E-state index in [9.17, 15) is 13.6 Å². The quantitative estimate of drug-likeness (QED) is 0.679. The van der Waals surface area contributed by atoms with Gasteiger partial charge >= 0.3 is 0 Å². The number of nitrogens with zero attached hydrogens (tertiary/aromatic N) is 1. The van der Waals surface area contributed by atoms with Crippen LogP contribution in [0.3, 0.4) is 0 Å². The van der Waals surface area contributed by atoms with Crippen molar-refractivity contribution < 1.29 is 13.6 Å². The molecule has 1 amide bonds. The number of hydrogen-bond acceptors (Lipinski definition) is 4. The smallest absolute Gasteiger partial charge is 0.225 e. The topological polar surface area (TPSA) is 42.0 Å². The minimum absolute atomic E-state index is 0.246. The molecule has 1 heterocycles. The highest BCUT2D eigenvalue weighted by atomic mass is 32.2. The van der Waals surface area contributed by atoms with E-state index in [0.29, 0.717) is 5.75 Å². The lowest BCUT2D eigenvalue weighted by Gasteiger charge is -2.05. The van der Waals surface area contributed by atoms with Gasteiger partial charge in [0, 0.05) is 23.9 Å². The molecule has 3 nitrogen and oxygen atoms in total. The highest BCUT2D eigenvalue weighted by Crippen LogP contribution is 2.29.